The van der Waals surface area contributed by atoms with Crippen LogP contribution in [0.2, 0.25) is 0 Å². The van der Waals surface area contributed by atoms with E-state index in [-0.39, 0.29) is 5.92 Å². The van der Waals surface area contributed by atoms with Gasteiger partial charge in [-0.05, 0) is 28.1 Å². The Morgan fingerprint density at radius 3 is 1.58 bits per heavy atom. The predicted molar refractivity (Wildman–Crippen MR) is 99.4 cm³/mol. The normalized spacial score (nSPS) is 11.0. The Bertz CT molecular complexity index is 919. The van der Waals surface area contributed by atoms with Crippen LogP contribution >= 0.6 is 0 Å². The van der Waals surface area contributed by atoms with Crippen molar-refractivity contribution in [1.82, 2.24) is 0 Å². The number of fused-ring (bicyclic) bond motifs is 1. The molecule has 0 aliphatic carbocycles. The summed E-state index contributed by atoms with van der Waals surface area (Å²) in [5.74, 6) is 0.465. The van der Waals surface area contributed by atoms with Crippen LogP contribution in [0.1, 0.15) is 22.6 Å². The number of hydrogen-bond donors (Lipinski definition) is 1. The molecule has 0 unspecified atom stereocenters. The van der Waals surface area contributed by atoms with Gasteiger partial charge in [0.1, 0.15) is 5.75 Å². The molecule has 0 bridgehead atoms. The van der Waals surface area contributed by atoms with E-state index in [0.29, 0.717) is 5.75 Å². The van der Waals surface area contributed by atoms with Gasteiger partial charge in [-0.3, -0.25) is 0 Å². The zero-order valence-corrected chi connectivity index (χ0v) is 13.3. The zero-order chi connectivity index (χ0) is 16.4. The second-order valence-electron chi connectivity index (χ2n) is 5.97. The lowest BCUT2D eigenvalue weighted by Gasteiger charge is -2.21. The van der Waals surface area contributed by atoms with E-state index in [0.717, 1.165) is 10.8 Å². The third-order valence-electron chi connectivity index (χ3n) is 4.51. The van der Waals surface area contributed by atoms with Gasteiger partial charge in [-0.25, -0.2) is 0 Å². The minimum absolute atomic E-state index is 0.137. The summed E-state index contributed by atoms with van der Waals surface area (Å²) in [5.41, 5.74) is 3.71. The highest BCUT2D eigenvalue weighted by atomic mass is 16.3. The van der Waals surface area contributed by atoms with Gasteiger partial charge in [0.05, 0.1) is 0 Å². The van der Waals surface area contributed by atoms with E-state index in [2.05, 4.69) is 54.6 Å². The molecular formula is C23H18O. The molecule has 116 valence electrons. The Balaban J connectivity index is 2.00. The molecule has 4 aromatic carbocycles. The standard InChI is InChI=1S/C23H18O/c24-22-16-15-21(19-13-7-8-14-20(19)22)23(17-9-3-1-4-10-17)18-11-5-2-6-12-18/h1-16,23-24H. The Labute approximate surface area is 141 Å². The Morgan fingerprint density at radius 2 is 1.00 bits per heavy atom. The highest BCUT2D eigenvalue weighted by molar-refractivity contribution is 5.91. The Morgan fingerprint density at radius 1 is 0.500 bits per heavy atom. The molecule has 4 rings (SSSR count). The van der Waals surface area contributed by atoms with Crippen LogP contribution in [-0.4, -0.2) is 5.11 Å². The lowest BCUT2D eigenvalue weighted by molar-refractivity contribution is 0.481. The van der Waals surface area contributed by atoms with Crippen molar-refractivity contribution in [3.05, 3.63) is 114 Å². The van der Waals surface area contributed by atoms with E-state index >= 15 is 0 Å². The van der Waals surface area contributed by atoms with Crippen molar-refractivity contribution in [3.8, 4) is 5.75 Å². The maximum atomic E-state index is 10.2. The van der Waals surface area contributed by atoms with Crippen LogP contribution < -0.4 is 0 Å². The summed E-state index contributed by atoms with van der Waals surface area (Å²) in [6.45, 7) is 0. The summed E-state index contributed by atoms with van der Waals surface area (Å²) in [7, 11) is 0. The molecule has 0 aliphatic rings. The number of hydrogen-bond acceptors (Lipinski definition) is 1. The number of benzene rings is 4. The Kier molecular flexibility index (Phi) is 3.76. The molecule has 4 aromatic rings. The van der Waals surface area contributed by atoms with Crippen LogP contribution in [-0.2, 0) is 0 Å². The molecule has 0 aliphatic heterocycles. The second-order valence-corrected chi connectivity index (χ2v) is 5.97. The molecule has 0 fully saturated rings. The van der Waals surface area contributed by atoms with E-state index in [1.165, 1.54) is 16.7 Å². The molecule has 1 nitrogen and oxygen atoms in total. The van der Waals surface area contributed by atoms with Crippen LogP contribution in [0.25, 0.3) is 10.8 Å². The van der Waals surface area contributed by atoms with E-state index in [4.69, 9.17) is 0 Å². The first-order valence-electron chi connectivity index (χ1n) is 8.15. The molecule has 1 heteroatoms. The SMILES string of the molecule is Oc1ccc(C(c2ccccc2)c2ccccc2)c2ccccc12. The van der Waals surface area contributed by atoms with E-state index in [1.807, 2.05) is 36.4 Å². The molecule has 0 spiro atoms. The minimum atomic E-state index is 0.137. The fourth-order valence-corrected chi connectivity index (χ4v) is 3.40. The van der Waals surface area contributed by atoms with Crippen molar-refractivity contribution in [2.45, 2.75) is 5.92 Å². The van der Waals surface area contributed by atoms with Crippen molar-refractivity contribution in [3.63, 3.8) is 0 Å². The summed E-state index contributed by atoms with van der Waals surface area (Å²) in [5, 5.41) is 12.2. The van der Waals surface area contributed by atoms with Crippen molar-refractivity contribution in [1.29, 1.82) is 0 Å². The summed E-state index contributed by atoms with van der Waals surface area (Å²) < 4.78 is 0. The zero-order valence-electron chi connectivity index (χ0n) is 13.3. The summed E-state index contributed by atoms with van der Waals surface area (Å²) in [6, 6.07) is 33.0. The van der Waals surface area contributed by atoms with Crippen LogP contribution in [0.15, 0.2) is 97.1 Å². The van der Waals surface area contributed by atoms with E-state index in [9.17, 15) is 5.11 Å². The predicted octanol–water partition coefficient (Wildman–Crippen LogP) is 5.73. The van der Waals surface area contributed by atoms with Gasteiger partial charge >= 0.3 is 0 Å². The van der Waals surface area contributed by atoms with Crippen LogP contribution in [0.3, 0.4) is 0 Å². The maximum absolute atomic E-state index is 10.2. The molecule has 0 saturated carbocycles. The fraction of sp³-hybridized carbons (Fsp3) is 0.0435. The number of phenols is 1. The molecule has 0 saturated heterocycles. The summed E-state index contributed by atoms with van der Waals surface area (Å²) >= 11 is 0. The largest absolute Gasteiger partial charge is 0.507 e. The fourth-order valence-electron chi connectivity index (χ4n) is 3.40. The maximum Gasteiger partial charge on any atom is 0.123 e. The van der Waals surface area contributed by atoms with E-state index < -0.39 is 0 Å². The van der Waals surface area contributed by atoms with Crippen molar-refractivity contribution in [2.75, 3.05) is 0 Å². The summed E-state index contributed by atoms with van der Waals surface area (Å²) in [4.78, 5) is 0. The van der Waals surface area contributed by atoms with E-state index in [1.54, 1.807) is 6.07 Å². The topological polar surface area (TPSA) is 20.2 Å². The average molecular weight is 310 g/mol. The average Bonchev–Trinajstić information content (AvgIpc) is 2.66. The molecule has 0 radical (unpaired) electrons. The van der Waals surface area contributed by atoms with Crippen molar-refractivity contribution >= 4 is 10.8 Å². The van der Waals surface area contributed by atoms with Gasteiger partial charge in [-0.2, -0.15) is 0 Å². The highest BCUT2D eigenvalue weighted by Gasteiger charge is 2.19. The monoisotopic (exact) mass is 310 g/mol. The summed E-state index contributed by atoms with van der Waals surface area (Å²) in [6.07, 6.45) is 0. The van der Waals surface area contributed by atoms with Gasteiger partial charge in [-0.15, -0.1) is 0 Å². The van der Waals surface area contributed by atoms with Crippen molar-refractivity contribution in [2.24, 2.45) is 0 Å². The van der Waals surface area contributed by atoms with Gasteiger partial charge in [0.25, 0.3) is 0 Å². The minimum Gasteiger partial charge on any atom is -0.507 e. The van der Waals surface area contributed by atoms with Gasteiger partial charge in [0.2, 0.25) is 0 Å². The molecular weight excluding hydrogens is 292 g/mol. The lowest BCUT2D eigenvalue weighted by Crippen LogP contribution is -2.04. The second kappa shape index (κ2) is 6.21. The van der Waals surface area contributed by atoms with Gasteiger partial charge in [0.15, 0.2) is 0 Å². The molecule has 1 N–H and O–H groups in total. The third kappa shape index (κ3) is 2.55. The first kappa shape index (κ1) is 14.5. The highest BCUT2D eigenvalue weighted by Crippen LogP contribution is 2.38. The molecule has 0 atom stereocenters. The third-order valence-corrected chi connectivity index (χ3v) is 4.51. The number of aromatic hydroxyl groups is 1. The van der Waals surface area contributed by atoms with Gasteiger partial charge in [0, 0.05) is 11.3 Å². The first-order chi connectivity index (χ1) is 11.8. The van der Waals surface area contributed by atoms with Crippen LogP contribution in [0, 0.1) is 0 Å². The lowest BCUT2D eigenvalue weighted by atomic mass is 9.83. The number of phenolic OH excluding ortho intramolecular Hbond substituents is 1. The molecule has 24 heavy (non-hydrogen) atoms. The Hall–Kier alpha value is -3.06. The van der Waals surface area contributed by atoms with Gasteiger partial charge in [-0.1, -0.05) is 91.0 Å². The first-order valence-corrected chi connectivity index (χ1v) is 8.15. The van der Waals surface area contributed by atoms with Crippen molar-refractivity contribution < 1.29 is 5.11 Å². The molecule has 0 heterocycles. The van der Waals surface area contributed by atoms with Crippen LogP contribution in [0.5, 0.6) is 5.75 Å². The van der Waals surface area contributed by atoms with Crippen LogP contribution in [0.4, 0.5) is 0 Å². The quantitative estimate of drug-likeness (QED) is 0.479. The molecule has 0 aromatic heterocycles. The molecule has 0 amide bonds. The smallest absolute Gasteiger partial charge is 0.123 e. The number of rotatable bonds is 3. The van der Waals surface area contributed by atoms with Gasteiger partial charge < -0.3 is 5.11 Å².